The molecule has 3 N–H and O–H groups in total. The van der Waals surface area contributed by atoms with E-state index in [9.17, 15) is 9.59 Å². The third-order valence-electron chi connectivity index (χ3n) is 3.55. The van der Waals surface area contributed by atoms with Crippen LogP contribution in [0.25, 0.3) is 0 Å². The number of nitrogen functional groups attached to an aromatic ring is 1. The Hall–Kier alpha value is -2.24. The van der Waals surface area contributed by atoms with Gasteiger partial charge >= 0.3 is 0 Å². The van der Waals surface area contributed by atoms with Crippen molar-refractivity contribution in [2.24, 2.45) is 5.92 Å². The molecule has 20 heavy (non-hydrogen) atoms. The van der Waals surface area contributed by atoms with Gasteiger partial charge in [-0.05, 0) is 18.6 Å². The number of likely N-dealkylation sites (tertiary alicyclic amines) is 1. The summed E-state index contributed by atoms with van der Waals surface area (Å²) in [5.74, 6) is 0.139. The number of methoxy groups -OCH3 is 1. The Balaban J connectivity index is 2.06. The number of nitrogens with two attached hydrogens (primary N) is 1. The second-order valence-corrected chi connectivity index (χ2v) is 4.95. The van der Waals surface area contributed by atoms with E-state index >= 15 is 0 Å². The van der Waals surface area contributed by atoms with E-state index in [4.69, 9.17) is 10.5 Å². The maximum Gasteiger partial charge on any atom is 0.228 e. The van der Waals surface area contributed by atoms with Crippen LogP contribution in [0, 0.1) is 5.92 Å². The highest BCUT2D eigenvalue weighted by Gasteiger charge is 2.28. The van der Waals surface area contributed by atoms with Crippen LogP contribution in [0.15, 0.2) is 18.2 Å². The van der Waals surface area contributed by atoms with E-state index < -0.39 is 0 Å². The minimum atomic E-state index is -0.302. The summed E-state index contributed by atoms with van der Waals surface area (Å²) in [6.07, 6.45) is 0.907. The molecule has 1 atom stereocenters. The number of nitrogens with one attached hydrogen (secondary N) is 1. The largest absolute Gasteiger partial charge is 0.497 e. The average Bonchev–Trinajstić information content (AvgIpc) is 2.44. The highest BCUT2D eigenvalue weighted by atomic mass is 16.5. The first-order valence-corrected chi connectivity index (χ1v) is 6.49. The fourth-order valence-corrected chi connectivity index (χ4v) is 2.17. The normalized spacial score (nSPS) is 18.8. The second kappa shape index (κ2) is 5.81. The monoisotopic (exact) mass is 277 g/mol. The van der Waals surface area contributed by atoms with E-state index in [1.54, 1.807) is 37.3 Å². The lowest BCUT2D eigenvalue weighted by Crippen LogP contribution is -2.39. The molecule has 108 valence electrons. The molecule has 1 unspecified atom stereocenters. The molecule has 1 aliphatic rings. The Bertz CT molecular complexity index is 530. The first-order chi connectivity index (χ1) is 9.51. The van der Waals surface area contributed by atoms with Crippen molar-refractivity contribution in [1.29, 1.82) is 0 Å². The van der Waals surface area contributed by atoms with Crippen LogP contribution < -0.4 is 15.8 Å². The molecule has 1 saturated heterocycles. The van der Waals surface area contributed by atoms with Crippen LogP contribution in [0.2, 0.25) is 0 Å². The van der Waals surface area contributed by atoms with Gasteiger partial charge < -0.3 is 20.7 Å². The smallest absolute Gasteiger partial charge is 0.228 e. The third kappa shape index (κ3) is 3.01. The van der Waals surface area contributed by atoms with Gasteiger partial charge in [-0.15, -0.1) is 0 Å². The lowest BCUT2D eigenvalue weighted by Gasteiger charge is -2.28. The Labute approximate surface area is 117 Å². The molecule has 1 heterocycles. The highest BCUT2D eigenvalue weighted by Crippen LogP contribution is 2.26. The number of nitrogens with zero attached hydrogens (tertiary/aromatic N) is 1. The van der Waals surface area contributed by atoms with Gasteiger partial charge in [0.05, 0.1) is 18.5 Å². The highest BCUT2D eigenvalue weighted by molar-refractivity contribution is 5.98. The first kappa shape index (κ1) is 14.2. The summed E-state index contributed by atoms with van der Waals surface area (Å²) >= 11 is 0. The number of carbonyl (C=O) groups excluding carboxylic acids is 2. The molecule has 0 radical (unpaired) electrons. The Morgan fingerprint density at radius 3 is 2.90 bits per heavy atom. The second-order valence-electron chi connectivity index (χ2n) is 4.95. The van der Waals surface area contributed by atoms with Crippen LogP contribution in [0.5, 0.6) is 5.75 Å². The third-order valence-corrected chi connectivity index (χ3v) is 3.55. The van der Waals surface area contributed by atoms with Crippen molar-refractivity contribution >= 4 is 23.2 Å². The molecule has 0 saturated carbocycles. The number of anilines is 2. The molecule has 2 amide bonds. The van der Waals surface area contributed by atoms with E-state index in [0.717, 1.165) is 0 Å². The molecule has 1 aromatic rings. The lowest BCUT2D eigenvalue weighted by atomic mass is 9.95. The quantitative estimate of drug-likeness (QED) is 0.810. The van der Waals surface area contributed by atoms with Crippen LogP contribution in [-0.4, -0.2) is 37.4 Å². The summed E-state index contributed by atoms with van der Waals surface area (Å²) in [7, 11) is 3.29. The summed E-state index contributed by atoms with van der Waals surface area (Å²) in [4.78, 5) is 25.5. The predicted octanol–water partition coefficient (Wildman–Crippen LogP) is 1.08. The van der Waals surface area contributed by atoms with Crippen LogP contribution in [0.1, 0.15) is 12.8 Å². The Kier molecular flexibility index (Phi) is 4.12. The summed E-state index contributed by atoms with van der Waals surface area (Å²) in [6, 6.07) is 5.07. The van der Waals surface area contributed by atoms with Crippen LogP contribution in [0.3, 0.4) is 0 Å². The molecular weight excluding hydrogens is 258 g/mol. The van der Waals surface area contributed by atoms with Crippen molar-refractivity contribution < 1.29 is 14.3 Å². The fourth-order valence-electron chi connectivity index (χ4n) is 2.17. The zero-order valence-corrected chi connectivity index (χ0v) is 11.7. The minimum Gasteiger partial charge on any atom is -0.497 e. The van der Waals surface area contributed by atoms with Gasteiger partial charge in [-0.2, -0.15) is 0 Å². The Morgan fingerprint density at radius 2 is 2.25 bits per heavy atom. The Morgan fingerprint density at radius 1 is 1.50 bits per heavy atom. The van der Waals surface area contributed by atoms with Crippen LogP contribution in [0.4, 0.5) is 11.4 Å². The molecule has 6 nitrogen and oxygen atoms in total. The van der Waals surface area contributed by atoms with E-state index in [2.05, 4.69) is 5.32 Å². The molecule has 2 rings (SSSR count). The molecule has 1 aromatic carbocycles. The molecule has 0 bridgehead atoms. The van der Waals surface area contributed by atoms with Gasteiger partial charge in [-0.3, -0.25) is 9.59 Å². The van der Waals surface area contributed by atoms with Gasteiger partial charge in [-0.1, -0.05) is 0 Å². The summed E-state index contributed by atoms with van der Waals surface area (Å²) < 4.78 is 5.10. The number of amides is 2. The van der Waals surface area contributed by atoms with Gasteiger partial charge in [0.15, 0.2) is 0 Å². The maximum absolute atomic E-state index is 12.2. The number of benzene rings is 1. The molecule has 6 heteroatoms. The summed E-state index contributed by atoms with van der Waals surface area (Å²) in [5, 5.41) is 2.78. The van der Waals surface area contributed by atoms with E-state index in [1.807, 2.05) is 0 Å². The van der Waals surface area contributed by atoms with Crippen LogP contribution >= 0.6 is 0 Å². The van der Waals surface area contributed by atoms with Crippen molar-refractivity contribution in [2.45, 2.75) is 12.8 Å². The van der Waals surface area contributed by atoms with Gasteiger partial charge in [0.25, 0.3) is 0 Å². The number of piperidine rings is 1. The van der Waals surface area contributed by atoms with Crippen LogP contribution in [-0.2, 0) is 9.59 Å². The molecule has 0 spiro atoms. The van der Waals surface area contributed by atoms with Gasteiger partial charge in [0, 0.05) is 32.0 Å². The minimum absolute atomic E-state index is 0.00462. The van der Waals surface area contributed by atoms with Gasteiger partial charge in [-0.25, -0.2) is 0 Å². The summed E-state index contributed by atoms with van der Waals surface area (Å²) in [5.41, 5.74) is 6.81. The van der Waals surface area contributed by atoms with Gasteiger partial charge in [0.1, 0.15) is 5.75 Å². The topological polar surface area (TPSA) is 84.7 Å². The summed E-state index contributed by atoms with van der Waals surface area (Å²) in [6.45, 7) is 0.602. The standard InChI is InChI=1S/C14H19N3O3/c1-17-6-5-9(7-13(17)18)14(19)16-12-8-10(20-2)3-4-11(12)15/h3-4,8-9H,5-7,15H2,1-2H3,(H,16,19). The first-order valence-electron chi connectivity index (χ1n) is 6.49. The number of rotatable bonds is 3. The number of ether oxygens (including phenoxy) is 1. The number of carbonyl (C=O) groups is 2. The number of hydrogen-bond acceptors (Lipinski definition) is 4. The predicted molar refractivity (Wildman–Crippen MR) is 76.4 cm³/mol. The zero-order valence-electron chi connectivity index (χ0n) is 11.7. The van der Waals surface area contributed by atoms with Gasteiger partial charge in [0.2, 0.25) is 11.8 Å². The fraction of sp³-hybridized carbons (Fsp3) is 0.429. The average molecular weight is 277 g/mol. The van der Waals surface area contributed by atoms with E-state index in [1.165, 1.54) is 0 Å². The molecular formula is C14H19N3O3. The molecule has 0 aliphatic carbocycles. The van der Waals surface area contributed by atoms with E-state index in [-0.39, 0.29) is 24.2 Å². The van der Waals surface area contributed by atoms with Crippen molar-refractivity contribution in [3.8, 4) is 5.75 Å². The van der Waals surface area contributed by atoms with Crippen molar-refractivity contribution in [3.05, 3.63) is 18.2 Å². The molecule has 1 fully saturated rings. The van der Waals surface area contributed by atoms with Crippen molar-refractivity contribution in [2.75, 3.05) is 31.8 Å². The van der Waals surface area contributed by atoms with Crippen molar-refractivity contribution in [1.82, 2.24) is 4.90 Å². The maximum atomic E-state index is 12.2. The van der Waals surface area contributed by atoms with Crippen molar-refractivity contribution in [3.63, 3.8) is 0 Å². The SMILES string of the molecule is COc1ccc(N)c(NC(=O)C2CCN(C)C(=O)C2)c1. The number of hydrogen-bond donors (Lipinski definition) is 2. The zero-order chi connectivity index (χ0) is 14.7. The molecule has 1 aliphatic heterocycles. The lowest BCUT2D eigenvalue weighted by molar-refractivity contribution is -0.137. The molecule has 0 aromatic heterocycles. The van der Waals surface area contributed by atoms with E-state index in [0.29, 0.717) is 30.1 Å².